The van der Waals surface area contributed by atoms with Gasteiger partial charge in [0.05, 0.1) is 4.75 Å². The van der Waals surface area contributed by atoms with Gasteiger partial charge in [-0.2, -0.15) is 0 Å². The number of carbonyl (C=O) groups excluding carboxylic acids is 2. The number of amides is 1. The Morgan fingerprint density at radius 2 is 2.06 bits per heavy atom. The molecule has 0 spiro atoms. The molecule has 1 atom stereocenters. The predicted molar refractivity (Wildman–Crippen MR) is 70.1 cm³/mol. The van der Waals surface area contributed by atoms with Crippen molar-refractivity contribution in [3.05, 3.63) is 0 Å². The summed E-state index contributed by atoms with van der Waals surface area (Å²) in [6.07, 6.45) is 5.12. The van der Waals surface area contributed by atoms with Crippen molar-refractivity contribution < 1.29 is 9.59 Å². The van der Waals surface area contributed by atoms with Gasteiger partial charge in [-0.25, -0.2) is 0 Å². The molecule has 2 rings (SSSR count). The highest BCUT2D eigenvalue weighted by Gasteiger charge is 2.41. The number of carbonyl (C=O) groups is 2. The van der Waals surface area contributed by atoms with Crippen LogP contribution in [-0.2, 0) is 9.59 Å². The maximum absolute atomic E-state index is 12.5. The highest BCUT2D eigenvalue weighted by Crippen LogP contribution is 2.39. The van der Waals surface area contributed by atoms with Crippen molar-refractivity contribution in [2.75, 3.05) is 12.8 Å². The van der Waals surface area contributed by atoms with Crippen molar-refractivity contribution >= 4 is 23.5 Å². The molecule has 0 N–H and O–H groups in total. The monoisotopic (exact) mass is 255 g/mol. The van der Waals surface area contributed by atoms with Crippen molar-refractivity contribution in [2.45, 2.75) is 56.2 Å². The smallest absolute Gasteiger partial charge is 0.238 e. The van der Waals surface area contributed by atoms with E-state index in [9.17, 15) is 9.59 Å². The van der Waals surface area contributed by atoms with Gasteiger partial charge in [0, 0.05) is 25.9 Å². The second-order valence-corrected chi connectivity index (χ2v) is 6.97. The second-order valence-electron chi connectivity index (χ2n) is 5.37. The zero-order valence-corrected chi connectivity index (χ0v) is 11.5. The van der Waals surface area contributed by atoms with E-state index in [0.29, 0.717) is 18.6 Å². The molecule has 3 nitrogen and oxygen atoms in total. The lowest BCUT2D eigenvalue weighted by Crippen LogP contribution is -2.47. The zero-order chi connectivity index (χ0) is 12.5. The summed E-state index contributed by atoms with van der Waals surface area (Å²) in [5, 5.41) is 0. The van der Waals surface area contributed by atoms with E-state index in [-0.39, 0.29) is 16.7 Å². The number of rotatable bonds is 2. The van der Waals surface area contributed by atoms with Crippen molar-refractivity contribution in [2.24, 2.45) is 0 Å². The normalized spacial score (nSPS) is 30.6. The van der Waals surface area contributed by atoms with Gasteiger partial charge in [-0.05, 0) is 38.4 Å². The lowest BCUT2D eigenvalue weighted by atomic mass is 9.92. The maximum Gasteiger partial charge on any atom is 0.238 e. The van der Waals surface area contributed by atoms with Crippen LogP contribution < -0.4 is 0 Å². The first-order valence-corrected chi connectivity index (χ1v) is 7.44. The third kappa shape index (κ3) is 2.67. The molecule has 0 aromatic carbocycles. The average Bonchev–Trinajstić information content (AvgIpc) is 2.76. The lowest BCUT2D eigenvalue weighted by Gasteiger charge is -2.35. The van der Waals surface area contributed by atoms with E-state index < -0.39 is 0 Å². The quantitative estimate of drug-likeness (QED) is 0.759. The van der Waals surface area contributed by atoms with Gasteiger partial charge in [0.25, 0.3) is 0 Å². The fourth-order valence-corrected chi connectivity index (χ4v) is 4.09. The van der Waals surface area contributed by atoms with Crippen LogP contribution in [0.2, 0.25) is 0 Å². The van der Waals surface area contributed by atoms with Gasteiger partial charge < -0.3 is 4.90 Å². The molecule has 1 aliphatic heterocycles. The molecule has 0 radical (unpaired) electrons. The molecule has 1 unspecified atom stereocenters. The minimum absolute atomic E-state index is 0.212. The molecule has 96 valence electrons. The molecule has 2 fully saturated rings. The van der Waals surface area contributed by atoms with Gasteiger partial charge in [-0.1, -0.05) is 0 Å². The van der Waals surface area contributed by atoms with Crippen LogP contribution in [-0.4, -0.2) is 40.2 Å². The molecule has 1 amide bonds. The van der Waals surface area contributed by atoms with Crippen molar-refractivity contribution in [1.29, 1.82) is 0 Å². The van der Waals surface area contributed by atoms with Gasteiger partial charge in [-0.3, -0.25) is 9.59 Å². The van der Waals surface area contributed by atoms with Gasteiger partial charge in [-0.15, -0.1) is 11.8 Å². The third-order valence-corrected chi connectivity index (χ3v) is 5.56. The molecule has 1 saturated carbocycles. The van der Waals surface area contributed by atoms with Gasteiger partial charge >= 0.3 is 0 Å². The number of ketones is 1. The largest absolute Gasteiger partial charge is 0.342 e. The Labute approximate surface area is 107 Å². The Morgan fingerprint density at radius 3 is 2.59 bits per heavy atom. The molecule has 17 heavy (non-hydrogen) atoms. The van der Waals surface area contributed by atoms with Crippen LogP contribution in [0.3, 0.4) is 0 Å². The Hall–Kier alpha value is -0.510. The first-order valence-electron chi connectivity index (χ1n) is 6.46. The van der Waals surface area contributed by atoms with E-state index >= 15 is 0 Å². The minimum Gasteiger partial charge on any atom is -0.342 e. The summed E-state index contributed by atoms with van der Waals surface area (Å²) in [6.45, 7) is 2.07. The fourth-order valence-electron chi connectivity index (χ4n) is 2.80. The molecule has 4 heteroatoms. The first-order chi connectivity index (χ1) is 8.03. The van der Waals surface area contributed by atoms with Crippen LogP contribution in [0.25, 0.3) is 0 Å². The van der Waals surface area contributed by atoms with Gasteiger partial charge in [0.1, 0.15) is 5.78 Å². The maximum atomic E-state index is 12.5. The number of Topliss-reactive ketones (excluding diaryl/α,β-unsaturated/α-hetero) is 1. The Bertz CT molecular complexity index is 313. The minimum atomic E-state index is -0.212. The van der Waals surface area contributed by atoms with Gasteiger partial charge in [0.2, 0.25) is 5.91 Å². The van der Waals surface area contributed by atoms with Crippen LogP contribution in [0.5, 0.6) is 0 Å². The molecule has 2 aliphatic rings. The van der Waals surface area contributed by atoms with E-state index in [1.54, 1.807) is 11.8 Å². The summed E-state index contributed by atoms with van der Waals surface area (Å²) in [4.78, 5) is 25.6. The van der Waals surface area contributed by atoms with E-state index in [4.69, 9.17) is 0 Å². The molecule has 1 heterocycles. The second kappa shape index (κ2) is 5.01. The lowest BCUT2D eigenvalue weighted by molar-refractivity contribution is -0.136. The summed E-state index contributed by atoms with van der Waals surface area (Å²) in [7, 11) is 1.91. The molecule has 1 saturated heterocycles. The molecular formula is C13H21NO2S. The van der Waals surface area contributed by atoms with E-state index in [1.807, 2.05) is 11.9 Å². The molecule has 1 aliphatic carbocycles. The van der Waals surface area contributed by atoms with E-state index in [0.717, 1.165) is 31.4 Å². The highest BCUT2D eigenvalue weighted by atomic mass is 32.2. The SMILES string of the molecule is CN(C(=O)C1(C)CCCS1)C1CCC(=O)CC1. The van der Waals surface area contributed by atoms with Gasteiger partial charge in [0.15, 0.2) is 0 Å². The standard InChI is InChI=1S/C13H21NO2S/c1-13(8-3-9-17-13)12(16)14(2)10-4-6-11(15)7-5-10/h10H,3-9H2,1-2H3. The van der Waals surface area contributed by atoms with Crippen molar-refractivity contribution in [3.63, 3.8) is 0 Å². The highest BCUT2D eigenvalue weighted by molar-refractivity contribution is 8.01. The Kier molecular flexibility index (Phi) is 3.81. The number of nitrogens with zero attached hydrogens (tertiary/aromatic N) is 1. The van der Waals surface area contributed by atoms with Crippen molar-refractivity contribution in [1.82, 2.24) is 4.90 Å². The van der Waals surface area contributed by atoms with E-state index in [1.165, 1.54) is 0 Å². The van der Waals surface area contributed by atoms with Crippen LogP contribution in [0, 0.1) is 0 Å². The molecule has 0 aromatic heterocycles. The van der Waals surface area contributed by atoms with Crippen LogP contribution in [0.4, 0.5) is 0 Å². The number of hydrogen-bond donors (Lipinski definition) is 0. The summed E-state index contributed by atoms with van der Waals surface area (Å²) in [5.74, 6) is 1.71. The molecule has 0 aromatic rings. The fraction of sp³-hybridized carbons (Fsp3) is 0.846. The average molecular weight is 255 g/mol. The third-order valence-electron chi connectivity index (χ3n) is 4.05. The first kappa shape index (κ1) is 12.9. The molecular weight excluding hydrogens is 234 g/mol. The Morgan fingerprint density at radius 1 is 1.41 bits per heavy atom. The predicted octanol–water partition coefficient (Wildman–Crippen LogP) is 2.24. The topological polar surface area (TPSA) is 37.4 Å². The van der Waals surface area contributed by atoms with Crippen LogP contribution in [0.15, 0.2) is 0 Å². The van der Waals surface area contributed by atoms with Crippen LogP contribution >= 0.6 is 11.8 Å². The summed E-state index contributed by atoms with van der Waals surface area (Å²) < 4.78 is -0.212. The summed E-state index contributed by atoms with van der Waals surface area (Å²) in [5.41, 5.74) is 0. The van der Waals surface area contributed by atoms with E-state index in [2.05, 4.69) is 6.92 Å². The number of thioether (sulfide) groups is 1. The number of hydrogen-bond acceptors (Lipinski definition) is 3. The van der Waals surface area contributed by atoms with Crippen LogP contribution in [0.1, 0.15) is 45.4 Å². The summed E-state index contributed by atoms with van der Waals surface area (Å²) in [6, 6.07) is 0.276. The molecule has 0 bridgehead atoms. The zero-order valence-electron chi connectivity index (χ0n) is 10.7. The van der Waals surface area contributed by atoms with Crippen molar-refractivity contribution in [3.8, 4) is 0 Å². The Balaban J connectivity index is 1.97. The summed E-state index contributed by atoms with van der Waals surface area (Å²) >= 11 is 1.79.